The number of anilines is 2. The van der Waals surface area contributed by atoms with E-state index in [0.29, 0.717) is 22.1 Å². The summed E-state index contributed by atoms with van der Waals surface area (Å²) in [6.45, 7) is 1.72. The fourth-order valence-electron chi connectivity index (χ4n) is 2.43. The predicted octanol–water partition coefficient (Wildman–Crippen LogP) is 4.47. The van der Waals surface area contributed by atoms with E-state index in [4.69, 9.17) is 16.3 Å². The quantitative estimate of drug-likeness (QED) is 0.579. The van der Waals surface area contributed by atoms with E-state index in [9.17, 15) is 13.2 Å². The van der Waals surface area contributed by atoms with Crippen LogP contribution in [0, 0.1) is 6.92 Å². The van der Waals surface area contributed by atoms with Gasteiger partial charge < -0.3 is 10.1 Å². The average molecular weight is 431 g/mol. The standard InChI is InChI=1S/C21H19ClN2O4S/c1-15-2-12-20(13-3-15)29(26,27)24-18-8-6-17(7-9-18)23-21(25)14-28-19-10-4-16(22)5-11-19/h2-13,24H,14H2,1H3,(H,23,25). The summed E-state index contributed by atoms with van der Waals surface area (Å²) in [5, 5.41) is 3.27. The first kappa shape index (κ1) is 20.7. The van der Waals surface area contributed by atoms with Gasteiger partial charge in [0.25, 0.3) is 15.9 Å². The van der Waals surface area contributed by atoms with Crippen LogP contribution in [0.5, 0.6) is 5.75 Å². The molecule has 0 unspecified atom stereocenters. The second-order valence-corrected chi connectivity index (χ2v) is 8.41. The summed E-state index contributed by atoms with van der Waals surface area (Å²) in [5.74, 6) is 0.193. The van der Waals surface area contributed by atoms with Crippen molar-refractivity contribution >= 4 is 38.9 Å². The van der Waals surface area contributed by atoms with Crippen molar-refractivity contribution in [2.75, 3.05) is 16.6 Å². The highest BCUT2D eigenvalue weighted by Gasteiger charge is 2.14. The number of carbonyl (C=O) groups is 1. The molecule has 0 aliphatic heterocycles. The SMILES string of the molecule is Cc1ccc(S(=O)(=O)Nc2ccc(NC(=O)COc3ccc(Cl)cc3)cc2)cc1. The Balaban J connectivity index is 1.56. The van der Waals surface area contributed by atoms with Gasteiger partial charge in [-0.2, -0.15) is 0 Å². The van der Waals surface area contributed by atoms with Gasteiger partial charge in [0.05, 0.1) is 4.90 Å². The largest absolute Gasteiger partial charge is 0.484 e. The van der Waals surface area contributed by atoms with Crippen molar-refractivity contribution in [3.8, 4) is 5.75 Å². The highest BCUT2D eigenvalue weighted by Crippen LogP contribution is 2.19. The maximum absolute atomic E-state index is 12.4. The van der Waals surface area contributed by atoms with Crippen molar-refractivity contribution in [1.82, 2.24) is 0 Å². The molecule has 0 fully saturated rings. The van der Waals surface area contributed by atoms with Gasteiger partial charge in [0, 0.05) is 16.4 Å². The van der Waals surface area contributed by atoms with Crippen molar-refractivity contribution in [2.45, 2.75) is 11.8 Å². The number of carbonyl (C=O) groups excluding carboxylic acids is 1. The van der Waals surface area contributed by atoms with Crippen LogP contribution in [-0.2, 0) is 14.8 Å². The number of sulfonamides is 1. The Labute approximate surface area is 174 Å². The molecule has 1 amide bonds. The first-order valence-electron chi connectivity index (χ1n) is 8.70. The summed E-state index contributed by atoms with van der Waals surface area (Å²) >= 11 is 5.80. The Morgan fingerprint density at radius 1 is 0.897 bits per heavy atom. The van der Waals surface area contributed by atoms with Crippen molar-refractivity contribution in [2.24, 2.45) is 0 Å². The molecule has 0 saturated heterocycles. The molecule has 0 aliphatic carbocycles. The molecule has 0 saturated carbocycles. The fraction of sp³-hybridized carbons (Fsp3) is 0.0952. The number of amides is 1. The summed E-state index contributed by atoms with van der Waals surface area (Å²) < 4.78 is 32.7. The highest BCUT2D eigenvalue weighted by atomic mass is 35.5. The Morgan fingerprint density at radius 2 is 1.48 bits per heavy atom. The van der Waals surface area contributed by atoms with Crippen molar-refractivity contribution in [3.05, 3.63) is 83.4 Å². The third-order valence-electron chi connectivity index (χ3n) is 3.94. The number of hydrogen-bond donors (Lipinski definition) is 2. The lowest BCUT2D eigenvalue weighted by Crippen LogP contribution is -2.20. The summed E-state index contributed by atoms with van der Waals surface area (Å²) in [5.41, 5.74) is 1.89. The Bertz CT molecular complexity index is 1080. The number of rotatable bonds is 7. The van der Waals surface area contributed by atoms with E-state index in [0.717, 1.165) is 5.56 Å². The summed E-state index contributed by atoms with van der Waals surface area (Å²) in [6, 6.07) is 19.6. The number of ether oxygens (including phenoxy) is 1. The predicted molar refractivity (Wildman–Crippen MR) is 114 cm³/mol. The zero-order chi connectivity index (χ0) is 20.9. The smallest absolute Gasteiger partial charge is 0.262 e. The zero-order valence-corrected chi connectivity index (χ0v) is 17.1. The first-order chi connectivity index (χ1) is 13.8. The third-order valence-corrected chi connectivity index (χ3v) is 5.58. The lowest BCUT2D eigenvalue weighted by Gasteiger charge is -2.10. The van der Waals surface area contributed by atoms with Gasteiger partial charge in [-0.25, -0.2) is 8.42 Å². The van der Waals surface area contributed by atoms with Gasteiger partial charge in [-0.3, -0.25) is 9.52 Å². The van der Waals surface area contributed by atoms with E-state index in [1.54, 1.807) is 72.8 Å². The topological polar surface area (TPSA) is 84.5 Å². The zero-order valence-electron chi connectivity index (χ0n) is 15.6. The molecule has 0 bridgehead atoms. The van der Waals surface area contributed by atoms with Crippen molar-refractivity contribution in [1.29, 1.82) is 0 Å². The van der Waals surface area contributed by atoms with Crippen LogP contribution in [-0.4, -0.2) is 20.9 Å². The monoisotopic (exact) mass is 430 g/mol. The van der Waals surface area contributed by atoms with Gasteiger partial charge in [0.2, 0.25) is 0 Å². The average Bonchev–Trinajstić information content (AvgIpc) is 2.69. The summed E-state index contributed by atoms with van der Waals surface area (Å²) in [4.78, 5) is 12.2. The minimum atomic E-state index is -3.68. The van der Waals surface area contributed by atoms with E-state index < -0.39 is 10.0 Å². The van der Waals surface area contributed by atoms with E-state index in [1.807, 2.05) is 6.92 Å². The van der Waals surface area contributed by atoms with Crippen LogP contribution in [0.3, 0.4) is 0 Å². The third kappa shape index (κ3) is 5.97. The maximum Gasteiger partial charge on any atom is 0.262 e. The Kier molecular flexibility index (Phi) is 6.41. The molecular weight excluding hydrogens is 412 g/mol. The number of halogens is 1. The number of aryl methyl sites for hydroxylation is 1. The van der Waals surface area contributed by atoms with E-state index >= 15 is 0 Å². The van der Waals surface area contributed by atoms with Crippen LogP contribution in [0.25, 0.3) is 0 Å². The van der Waals surface area contributed by atoms with Crippen LogP contribution >= 0.6 is 11.6 Å². The van der Waals surface area contributed by atoms with Crippen molar-refractivity contribution in [3.63, 3.8) is 0 Å². The van der Waals surface area contributed by atoms with Gasteiger partial charge in [0.1, 0.15) is 5.75 Å². The molecule has 3 aromatic rings. The molecule has 6 nitrogen and oxygen atoms in total. The Hall–Kier alpha value is -3.03. The molecule has 0 atom stereocenters. The van der Waals surface area contributed by atoms with Crippen LogP contribution in [0.15, 0.2) is 77.7 Å². The molecule has 29 heavy (non-hydrogen) atoms. The van der Waals surface area contributed by atoms with Crippen molar-refractivity contribution < 1.29 is 17.9 Å². The lowest BCUT2D eigenvalue weighted by molar-refractivity contribution is -0.118. The van der Waals surface area contributed by atoms with Crippen LogP contribution in [0.4, 0.5) is 11.4 Å². The molecule has 8 heteroatoms. The minimum Gasteiger partial charge on any atom is -0.484 e. The van der Waals surface area contributed by atoms with Gasteiger partial charge in [-0.15, -0.1) is 0 Å². The molecule has 150 valence electrons. The molecule has 0 aromatic heterocycles. The maximum atomic E-state index is 12.4. The normalized spacial score (nSPS) is 11.0. The minimum absolute atomic E-state index is 0.163. The van der Waals surface area contributed by atoms with Gasteiger partial charge in [-0.05, 0) is 67.6 Å². The van der Waals surface area contributed by atoms with Gasteiger partial charge in [0.15, 0.2) is 6.61 Å². The van der Waals surface area contributed by atoms with Gasteiger partial charge in [-0.1, -0.05) is 29.3 Å². The summed E-state index contributed by atoms with van der Waals surface area (Å²) in [6.07, 6.45) is 0. The number of nitrogens with one attached hydrogen (secondary N) is 2. The second kappa shape index (κ2) is 8.98. The molecular formula is C21H19ClN2O4S. The molecule has 2 N–H and O–H groups in total. The molecule has 0 spiro atoms. The molecule has 3 rings (SSSR count). The lowest BCUT2D eigenvalue weighted by atomic mass is 10.2. The molecule has 0 aliphatic rings. The van der Waals surface area contributed by atoms with Crippen LogP contribution in [0.2, 0.25) is 5.02 Å². The van der Waals surface area contributed by atoms with E-state index in [-0.39, 0.29) is 17.4 Å². The van der Waals surface area contributed by atoms with E-state index in [2.05, 4.69) is 10.0 Å². The molecule has 0 heterocycles. The number of benzene rings is 3. The van der Waals surface area contributed by atoms with Gasteiger partial charge >= 0.3 is 0 Å². The molecule has 3 aromatic carbocycles. The van der Waals surface area contributed by atoms with Crippen LogP contribution < -0.4 is 14.8 Å². The second-order valence-electron chi connectivity index (χ2n) is 6.29. The Morgan fingerprint density at radius 3 is 2.10 bits per heavy atom. The first-order valence-corrected chi connectivity index (χ1v) is 10.6. The highest BCUT2D eigenvalue weighted by molar-refractivity contribution is 7.92. The fourth-order valence-corrected chi connectivity index (χ4v) is 3.61. The number of hydrogen-bond acceptors (Lipinski definition) is 4. The molecule has 0 radical (unpaired) electrons. The summed E-state index contributed by atoms with van der Waals surface area (Å²) in [7, 11) is -3.68. The van der Waals surface area contributed by atoms with E-state index in [1.165, 1.54) is 0 Å². The van der Waals surface area contributed by atoms with Crippen LogP contribution in [0.1, 0.15) is 5.56 Å².